The normalized spacial score (nSPS) is 11.0. The third-order valence-corrected chi connectivity index (χ3v) is 2.98. The van der Waals surface area contributed by atoms with Crippen LogP contribution >= 0.6 is 11.3 Å². The van der Waals surface area contributed by atoms with E-state index in [0.29, 0.717) is 0 Å². The second-order valence-corrected chi connectivity index (χ2v) is 4.41. The Bertz CT molecular complexity index is 298. The Morgan fingerprint density at radius 2 is 2.27 bits per heavy atom. The first-order valence-electron chi connectivity index (χ1n) is 5.57. The molecule has 0 aromatic carbocycles. The molecule has 0 aliphatic heterocycles. The molecule has 1 aromatic rings. The smallest absolute Gasteiger partial charge is 0.186 e. The summed E-state index contributed by atoms with van der Waals surface area (Å²) >= 11 is 1.56. The van der Waals surface area contributed by atoms with Gasteiger partial charge in [-0.3, -0.25) is 4.79 Å². The van der Waals surface area contributed by atoms with Crippen LogP contribution in [-0.4, -0.2) is 5.78 Å². The number of unbranched alkanes of at least 4 members (excludes halogenated alkanes) is 4. The van der Waals surface area contributed by atoms with Crippen molar-refractivity contribution < 1.29 is 4.79 Å². The number of ketones is 1. The second kappa shape index (κ2) is 7.41. The van der Waals surface area contributed by atoms with Crippen LogP contribution in [0.5, 0.6) is 0 Å². The van der Waals surface area contributed by atoms with Gasteiger partial charge >= 0.3 is 0 Å². The molecule has 0 aliphatic rings. The largest absolute Gasteiger partial charge is 0.289 e. The minimum absolute atomic E-state index is 0.131. The van der Waals surface area contributed by atoms with E-state index in [1.807, 2.05) is 22.9 Å². The van der Waals surface area contributed by atoms with Gasteiger partial charge in [-0.05, 0) is 30.4 Å². The molecule has 0 unspecified atom stereocenters. The fourth-order valence-electron chi connectivity index (χ4n) is 1.38. The van der Waals surface area contributed by atoms with Crippen molar-refractivity contribution in [1.29, 1.82) is 0 Å². The lowest BCUT2D eigenvalue weighted by Crippen LogP contribution is -1.90. The number of carbonyl (C=O) groups excluding carboxylic acids is 1. The first kappa shape index (κ1) is 12.2. The molecule has 1 aromatic heterocycles. The van der Waals surface area contributed by atoms with Crippen LogP contribution in [0.1, 0.15) is 49.4 Å². The molecule has 0 radical (unpaired) electrons. The van der Waals surface area contributed by atoms with Crippen LogP contribution in [0.3, 0.4) is 0 Å². The molecule has 0 fully saturated rings. The fourth-order valence-corrected chi connectivity index (χ4v) is 2.03. The zero-order valence-corrected chi connectivity index (χ0v) is 10.1. The molecule has 0 amide bonds. The Kier molecular flexibility index (Phi) is 6.02. The summed E-state index contributed by atoms with van der Waals surface area (Å²) in [5.41, 5.74) is 0.810. The molecule has 1 rings (SSSR count). The number of allylic oxidation sites excluding steroid dienone is 2. The number of hydrogen-bond donors (Lipinski definition) is 0. The highest BCUT2D eigenvalue weighted by atomic mass is 32.1. The van der Waals surface area contributed by atoms with Crippen molar-refractivity contribution in [2.75, 3.05) is 0 Å². The van der Waals surface area contributed by atoms with Crippen molar-refractivity contribution in [3.8, 4) is 0 Å². The van der Waals surface area contributed by atoms with E-state index in [4.69, 9.17) is 0 Å². The van der Waals surface area contributed by atoms with Crippen LogP contribution in [0, 0.1) is 0 Å². The number of thiophene rings is 1. The molecule has 0 saturated carbocycles. The van der Waals surface area contributed by atoms with Gasteiger partial charge in [0.25, 0.3) is 0 Å². The van der Waals surface area contributed by atoms with E-state index in [1.54, 1.807) is 17.4 Å². The zero-order valence-electron chi connectivity index (χ0n) is 9.24. The van der Waals surface area contributed by atoms with E-state index >= 15 is 0 Å². The standard InChI is InChI=1S/C13H18OS/c1-2-3-4-5-6-7-8-13(14)12-9-10-15-11-12/h7-11H,2-6H2,1H3. The summed E-state index contributed by atoms with van der Waals surface area (Å²) in [7, 11) is 0. The summed E-state index contributed by atoms with van der Waals surface area (Å²) in [5.74, 6) is 0.131. The minimum atomic E-state index is 0.131. The summed E-state index contributed by atoms with van der Waals surface area (Å²) in [6, 6.07) is 1.87. The number of carbonyl (C=O) groups is 1. The lowest BCUT2D eigenvalue weighted by molar-refractivity contribution is 0.104. The fraction of sp³-hybridized carbons (Fsp3) is 0.462. The van der Waals surface area contributed by atoms with E-state index in [9.17, 15) is 4.79 Å². The van der Waals surface area contributed by atoms with Gasteiger partial charge < -0.3 is 0 Å². The number of hydrogen-bond acceptors (Lipinski definition) is 2. The SMILES string of the molecule is CCCCCCC=CC(=O)c1ccsc1. The first-order valence-corrected chi connectivity index (χ1v) is 6.52. The van der Waals surface area contributed by atoms with Crippen molar-refractivity contribution >= 4 is 17.1 Å². The molecule has 0 atom stereocenters. The Labute approximate surface area is 95.8 Å². The molecule has 2 heteroatoms. The topological polar surface area (TPSA) is 17.1 Å². The summed E-state index contributed by atoms with van der Waals surface area (Å²) in [4.78, 5) is 11.5. The van der Waals surface area contributed by atoms with Gasteiger partial charge in [0.2, 0.25) is 0 Å². The lowest BCUT2D eigenvalue weighted by Gasteiger charge is -1.93. The van der Waals surface area contributed by atoms with Gasteiger partial charge in [0.05, 0.1) is 0 Å². The van der Waals surface area contributed by atoms with Gasteiger partial charge in [0.15, 0.2) is 5.78 Å². The Hall–Kier alpha value is -0.890. The Balaban J connectivity index is 2.18. The van der Waals surface area contributed by atoms with Gasteiger partial charge in [-0.15, -0.1) is 0 Å². The average molecular weight is 222 g/mol. The highest BCUT2D eigenvalue weighted by Crippen LogP contribution is 2.08. The zero-order chi connectivity index (χ0) is 10.9. The molecule has 1 heterocycles. The van der Waals surface area contributed by atoms with E-state index in [-0.39, 0.29) is 5.78 Å². The van der Waals surface area contributed by atoms with Crippen molar-refractivity contribution in [2.24, 2.45) is 0 Å². The quantitative estimate of drug-likeness (QED) is 0.378. The van der Waals surface area contributed by atoms with Gasteiger partial charge in [0.1, 0.15) is 0 Å². The number of rotatable bonds is 7. The maximum atomic E-state index is 11.5. The predicted octanol–water partition coefficient (Wildman–Crippen LogP) is 4.46. The summed E-state index contributed by atoms with van der Waals surface area (Å²) in [6.45, 7) is 2.20. The maximum Gasteiger partial charge on any atom is 0.186 e. The Morgan fingerprint density at radius 3 is 2.93 bits per heavy atom. The van der Waals surface area contributed by atoms with Gasteiger partial charge in [0, 0.05) is 10.9 Å². The summed E-state index contributed by atoms with van der Waals surface area (Å²) in [5, 5.41) is 3.83. The average Bonchev–Trinajstić information content (AvgIpc) is 2.76. The maximum absolute atomic E-state index is 11.5. The molecule has 0 bridgehead atoms. The van der Waals surface area contributed by atoms with Crippen LogP contribution in [0.2, 0.25) is 0 Å². The van der Waals surface area contributed by atoms with E-state index in [0.717, 1.165) is 12.0 Å². The highest BCUT2D eigenvalue weighted by Gasteiger charge is 1.99. The summed E-state index contributed by atoms with van der Waals surface area (Å²) in [6.07, 6.45) is 9.75. The van der Waals surface area contributed by atoms with E-state index < -0.39 is 0 Å². The van der Waals surface area contributed by atoms with Gasteiger partial charge in [-0.1, -0.05) is 32.3 Å². The van der Waals surface area contributed by atoms with Gasteiger partial charge in [-0.25, -0.2) is 0 Å². The molecule has 0 spiro atoms. The molecule has 1 nitrogen and oxygen atoms in total. The molecule has 0 N–H and O–H groups in total. The van der Waals surface area contributed by atoms with E-state index in [1.165, 1.54) is 25.7 Å². The Morgan fingerprint density at radius 1 is 1.40 bits per heavy atom. The second-order valence-electron chi connectivity index (χ2n) is 3.63. The minimum Gasteiger partial charge on any atom is -0.289 e. The lowest BCUT2D eigenvalue weighted by atomic mass is 10.1. The van der Waals surface area contributed by atoms with E-state index in [2.05, 4.69) is 6.92 Å². The third kappa shape index (κ3) is 4.93. The molecule has 0 aliphatic carbocycles. The molecule has 15 heavy (non-hydrogen) atoms. The van der Waals surface area contributed by atoms with Crippen LogP contribution in [0.15, 0.2) is 29.0 Å². The molecule has 0 saturated heterocycles. The molecular weight excluding hydrogens is 204 g/mol. The van der Waals surface area contributed by atoms with Crippen LogP contribution in [0.25, 0.3) is 0 Å². The third-order valence-electron chi connectivity index (χ3n) is 2.30. The van der Waals surface area contributed by atoms with Crippen LogP contribution < -0.4 is 0 Å². The van der Waals surface area contributed by atoms with Crippen molar-refractivity contribution in [1.82, 2.24) is 0 Å². The highest BCUT2D eigenvalue weighted by molar-refractivity contribution is 7.08. The van der Waals surface area contributed by atoms with Crippen LogP contribution in [0.4, 0.5) is 0 Å². The molecule has 82 valence electrons. The van der Waals surface area contributed by atoms with Crippen molar-refractivity contribution in [3.63, 3.8) is 0 Å². The first-order chi connectivity index (χ1) is 7.34. The monoisotopic (exact) mass is 222 g/mol. The van der Waals surface area contributed by atoms with Gasteiger partial charge in [-0.2, -0.15) is 11.3 Å². The molecular formula is C13H18OS. The van der Waals surface area contributed by atoms with Crippen molar-refractivity contribution in [3.05, 3.63) is 34.5 Å². The summed E-state index contributed by atoms with van der Waals surface area (Å²) < 4.78 is 0. The van der Waals surface area contributed by atoms with Crippen LogP contribution in [-0.2, 0) is 0 Å². The predicted molar refractivity (Wildman–Crippen MR) is 66.5 cm³/mol. The van der Waals surface area contributed by atoms with Crippen molar-refractivity contribution in [2.45, 2.75) is 39.0 Å².